The number of fused-ring (bicyclic) bond motifs is 2. The number of benzene rings is 1. The zero-order chi connectivity index (χ0) is 24.9. The molecule has 2 aromatic rings. The van der Waals surface area contributed by atoms with Gasteiger partial charge in [0.2, 0.25) is 5.13 Å². The summed E-state index contributed by atoms with van der Waals surface area (Å²) in [6.45, 7) is 5.27. The fourth-order valence-electron chi connectivity index (χ4n) is 5.24. The molecule has 2 aliphatic rings. The number of nitrogens with zero attached hydrogens (tertiary/aromatic N) is 3. The summed E-state index contributed by atoms with van der Waals surface area (Å²) in [6, 6.07) is 6.38. The highest BCUT2D eigenvalue weighted by molar-refractivity contribution is 7.93. The molecular weight excluding hydrogens is 484 g/mol. The summed E-state index contributed by atoms with van der Waals surface area (Å²) in [5.74, 6) is 1.14. The number of hydrogen-bond donors (Lipinski definition) is 1. The van der Waals surface area contributed by atoms with Crippen molar-refractivity contribution >= 4 is 26.7 Å². The number of rotatable bonds is 11. The Labute approximate surface area is 211 Å². The Balaban J connectivity index is 1.47. The fraction of sp³-hybridized carbons (Fsp3) is 0.560. The maximum absolute atomic E-state index is 12.7. The molecule has 0 saturated heterocycles. The molecule has 1 N–H and O–H groups in total. The van der Waals surface area contributed by atoms with Crippen molar-refractivity contribution in [2.75, 3.05) is 17.9 Å². The molecule has 2 aliphatic carbocycles. The van der Waals surface area contributed by atoms with Crippen molar-refractivity contribution in [1.29, 1.82) is 5.26 Å². The molecule has 2 bridgehead atoms. The van der Waals surface area contributed by atoms with Gasteiger partial charge in [-0.3, -0.25) is 4.72 Å². The van der Waals surface area contributed by atoms with E-state index >= 15 is 0 Å². The molecule has 0 radical (unpaired) electrons. The lowest BCUT2D eigenvalue weighted by atomic mass is 9.66. The van der Waals surface area contributed by atoms with Gasteiger partial charge in [-0.2, -0.15) is 9.64 Å². The van der Waals surface area contributed by atoms with Gasteiger partial charge in [-0.25, -0.2) is 13.4 Å². The minimum absolute atomic E-state index is 0.0363. The Kier molecular flexibility index (Phi) is 8.09. The van der Waals surface area contributed by atoms with E-state index in [1.165, 1.54) is 50.6 Å². The van der Waals surface area contributed by atoms with Gasteiger partial charge in [0.05, 0.1) is 17.1 Å². The summed E-state index contributed by atoms with van der Waals surface area (Å²) in [6.07, 6.45) is 11.6. The lowest BCUT2D eigenvalue weighted by Gasteiger charge is -2.40. The van der Waals surface area contributed by atoms with Crippen LogP contribution in [0.25, 0.3) is 0 Å². The Morgan fingerprint density at radius 3 is 2.97 bits per heavy atom. The minimum Gasteiger partial charge on any atom is -0.487 e. The van der Waals surface area contributed by atoms with Gasteiger partial charge in [0.15, 0.2) is 0 Å². The maximum Gasteiger partial charge on any atom is 0.263 e. The normalized spacial score (nSPS) is 22.7. The van der Waals surface area contributed by atoms with E-state index in [1.54, 1.807) is 11.6 Å². The number of nitriles is 1. The van der Waals surface area contributed by atoms with E-state index in [0.29, 0.717) is 19.0 Å². The summed E-state index contributed by atoms with van der Waals surface area (Å²) >= 11 is 0.936. The van der Waals surface area contributed by atoms with Crippen LogP contribution in [-0.2, 0) is 14.8 Å². The molecule has 35 heavy (non-hydrogen) atoms. The van der Waals surface area contributed by atoms with Gasteiger partial charge in [0.25, 0.3) is 10.0 Å². The molecule has 0 aliphatic heterocycles. The number of ether oxygens (including phenoxy) is 2. The first-order chi connectivity index (χ1) is 16.8. The van der Waals surface area contributed by atoms with Crippen LogP contribution in [0.2, 0.25) is 0 Å². The topological polar surface area (TPSA) is 114 Å². The predicted octanol–water partition coefficient (Wildman–Crippen LogP) is 5.30. The van der Waals surface area contributed by atoms with Gasteiger partial charge in [0, 0.05) is 18.1 Å². The third-order valence-electron chi connectivity index (χ3n) is 6.77. The third-order valence-corrected chi connectivity index (χ3v) is 8.82. The monoisotopic (exact) mass is 516 g/mol. The van der Waals surface area contributed by atoms with Crippen LogP contribution in [0, 0.1) is 22.7 Å². The van der Waals surface area contributed by atoms with E-state index in [4.69, 9.17) is 9.47 Å². The second-order valence-electron chi connectivity index (χ2n) is 9.68. The minimum atomic E-state index is -3.90. The Hall–Kier alpha value is -2.48. The first-order valence-electron chi connectivity index (χ1n) is 12.1. The van der Waals surface area contributed by atoms with Crippen LogP contribution in [-0.4, -0.2) is 37.1 Å². The smallest absolute Gasteiger partial charge is 0.263 e. The van der Waals surface area contributed by atoms with Gasteiger partial charge < -0.3 is 9.47 Å². The zero-order valence-corrected chi connectivity index (χ0v) is 21.8. The standard InChI is InChI=1S/C25H32N4O4S2/c1-3-32-16-21(9-10-25(2)13-18-5-4-6-19(11-18)14-25)33-23-8-7-22(12-20(23)15-26)35(30,31)29-24-27-17-28-34-24/h7-8,12-13,17,19,21H,3-6,9-11,14,16H2,1-2H3,(H,27,28,29). The van der Waals surface area contributed by atoms with Gasteiger partial charge in [-0.15, -0.1) is 0 Å². The third kappa shape index (κ3) is 6.60. The van der Waals surface area contributed by atoms with Crippen LogP contribution in [0.1, 0.15) is 64.4 Å². The molecule has 1 aromatic carbocycles. The molecule has 10 heteroatoms. The van der Waals surface area contributed by atoms with E-state index in [-0.39, 0.29) is 27.1 Å². The Morgan fingerprint density at radius 2 is 2.26 bits per heavy atom. The van der Waals surface area contributed by atoms with Crippen LogP contribution in [0.4, 0.5) is 5.13 Å². The molecule has 1 fully saturated rings. The van der Waals surface area contributed by atoms with Crippen LogP contribution in [0.15, 0.2) is 41.1 Å². The van der Waals surface area contributed by atoms with E-state index in [2.05, 4.69) is 33.1 Å². The molecule has 3 unspecified atom stereocenters. The van der Waals surface area contributed by atoms with E-state index < -0.39 is 10.0 Å². The predicted molar refractivity (Wildman–Crippen MR) is 135 cm³/mol. The van der Waals surface area contributed by atoms with E-state index in [9.17, 15) is 13.7 Å². The van der Waals surface area contributed by atoms with Crippen molar-refractivity contribution in [2.24, 2.45) is 11.3 Å². The lowest BCUT2D eigenvalue weighted by molar-refractivity contribution is 0.0447. The highest BCUT2D eigenvalue weighted by Gasteiger charge is 2.34. The van der Waals surface area contributed by atoms with Crippen molar-refractivity contribution in [3.63, 3.8) is 0 Å². The Morgan fingerprint density at radius 1 is 1.40 bits per heavy atom. The van der Waals surface area contributed by atoms with E-state index in [1.807, 2.05) is 6.92 Å². The highest BCUT2D eigenvalue weighted by atomic mass is 32.2. The first kappa shape index (κ1) is 25.6. The summed E-state index contributed by atoms with van der Waals surface area (Å²) < 4.78 is 43.5. The fourth-order valence-corrected chi connectivity index (χ4v) is 6.92. The summed E-state index contributed by atoms with van der Waals surface area (Å²) in [4.78, 5) is 3.81. The lowest BCUT2D eigenvalue weighted by Crippen LogP contribution is -2.30. The summed E-state index contributed by atoms with van der Waals surface area (Å²) in [5, 5.41) is 9.88. The van der Waals surface area contributed by atoms with Crippen LogP contribution >= 0.6 is 11.5 Å². The molecule has 1 saturated carbocycles. The Bertz CT molecular complexity index is 1190. The second kappa shape index (κ2) is 11.1. The maximum atomic E-state index is 12.7. The number of nitrogens with one attached hydrogen (secondary N) is 1. The van der Waals surface area contributed by atoms with Crippen molar-refractivity contribution in [3.8, 4) is 11.8 Å². The molecule has 1 aromatic heterocycles. The molecular formula is C25H32N4O4S2. The SMILES string of the molecule is CCOCC(CCC1(C)C=C2CCCC(C2)C1)Oc1ccc(S(=O)(=O)Nc2ncns2)cc1C#N. The number of allylic oxidation sites excluding steroid dienone is 2. The first-order valence-corrected chi connectivity index (χ1v) is 14.3. The van der Waals surface area contributed by atoms with E-state index in [0.717, 1.165) is 30.3 Å². The quantitative estimate of drug-likeness (QED) is 0.403. The average Bonchev–Trinajstić information content (AvgIpc) is 3.33. The number of anilines is 1. The van der Waals surface area contributed by atoms with Gasteiger partial charge in [0.1, 0.15) is 24.3 Å². The van der Waals surface area contributed by atoms with Crippen molar-refractivity contribution in [2.45, 2.75) is 69.8 Å². The van der Waals surface area contributed by atoms with Crippen LogP contribution in [0.3, 0.4) is 0 Å². The largest absolute Gasteiger partial charge is 0.487 e. The van der Waals surface area contributed by atoms with Crippen molar-refractivity contribution in [1.82, 2.24) is 9.36 Å². The van der Waals surface area contributed by atoms with Crippen LogP contribution in [0.5, 0.6) is 5.75 Å². The average molecular weight is 517 g/mol. The van der Waals surface area contributed by atoms with Gasteiger partial charge >= 0.3 is 0 Å². The molecule has 0 amide bonds. The molecule has 3 atom stereocenters. The second-order valence-corrected chi connectivity index (χ2v) is 12.1. The molecule has 4 rings (SSSR count). The summed E-state index contributed by atoms with van der Waals surface area (Å²) in [7, 11) is -3.90. The zero-order valence-electron chi connectivity index (χ0n) is 20.2. The number of aromatic nitrogens is 2. The van der Waals surface area contributed by atoms with Crippen LogP contribution < -0.4 is 9.46 Å². The molecule has 0 spiro atoms. The highest BCUT2D eigenvalue weighted by Crippen LogP contribution is 2.46. The summed E-state index contributed by atoms with van der Waals surface area (Å²) in [5.41, 5.74) is 1.91. The number of hydrogen-bond acceptors (Lipinski definition) is 8. The van der Waals surface area contributed by atoms with Gasteiger partial charge in [-0.05, 0) is 81.4 Å². The molecule has 188 valence electrons. The van der Waals surface area contributed by atoms with Crippen molar-refractivity contribution in [3.05, 3.63) is 41.7 Å². The molecule has 8 nitrogen and oxygen atoms in total. The van der Waals surface area contributed by atoms with Crippen molar-refractivity contribution < 1.29 is 17.9 Å². The van der Waals surface area contributed by atoms with Gasteiger partial charge in [-0.1, -0.05) is 18.6 Å². The molecule has 1 heterocycles. The number of sulfonamides is 1.